The van der Waals surface area contributed by atoms with Gasteiger partial charge in [0.2, 0.25) is 0 Å². The average molecular weight is 388 g/mol. The molecule has 0 aliphatic heterocycles. The van der Waals surface area contributed by atoms with Crippen LogP contribution >= 0.6 is 0 Å². The Morgan fingerprint density at radius 2 is 2.00 bits per heavy atom. The summed E-state index contributed by atoms with van der Waals surface area (Å²) in [5, 5.41) is 9.09. The summed E-state index contributed by atoms with van der Waals surface area (Å²) in [4.78, 5) is 15.3. The predicted octanol–water partition coefficient (Wildman–Crippen LogP) is 4.45. The van der Waals surface area contributed by atoms with Crippen LogP contribution in [-0.4, -0.2) is 16.1 Å². The van der Waals surface area contributed by atoms with Gasteiger partial charge >= 0.3 is 5.97 Å². The summed E-state index contributed by atoms with van der Waals surface area (Å²) in [7, 11) is 0. The minimum atomic E-state index is -0.882. The van der Waals surface area contributed by atoms with E-state index in [1.165, 1.54) is 0 Å². The van der Waals surface area contributed by atoms with E-state index in [1.54, 1.807) is 18.3 Å². The predicted molar refractivity (Wildman–Crippen MR) is 114 cm³/mol. The SMILES string of the molecule is C/C=C\c1ccc(COc2ccccc2CC(=O)O)cc1-c1ccnc(CN)c1. The van der Waals surface area contributed by atoms with Gasteiger partial charge in [-0.2, -0.15) is 0 Å². The fourth-order valence-electron chi connectivity index (χ4n) is 3.14. The van der Waals surface area contributed by atoms with Crippen LogP contribution in [0.1, 0.15) is 29.3 Å². The molecule has 0 fully saturated rings. The molecule has 2 aromatic carbocycles. The van der Waals surface area contributed by atoms with Crippen LogP contribution in [0.5, 0.6) is 5.75 Å². The fraction of sp³-hybridized carbons (Fsp3) is 0.167. The van der Waals surface area contributed by atoms with Gasteiger partial charge in [0.15, 0.2) is 0 Å². The minimum absolute atomic E-state index is 0.0689. The van der Waals surface area contributed by atoms with Gasteiger partial charge in [-0.3, -0.25) is 9.78 Å². The van der Waals surface area contributed by atoms with Crippen molar-refractivity contribution >= 4 is 12.0 Å². The summed E-state index contributed by atoms with van der Waals surface area (Å²) in [6.07, 6.45) is 5.76. The van der Waals surface area contributed by atoms with Crippen molar-refractivity contribution in [3.8, 4) is 16.9 Å². The molecule has 1 aromatic heterocycles. The van der Waals surface area contributed by atoms with Gasteiger partial charge in [-0.25, -0.2) is 0 Å². The molecule has 3 N–H and O–H groups in total. The third-order valence-corrected chi connectivity index (χ3v) is 4.51. The number of carboxylic acid groups (broad SMARTS) is 1. The summed E-state index contributed by atoms with van der Waals surface area (Å²) >= 11 is 0. The molecule has 0 saturated carbocycles. The third kappa shape index (κ3) is 5.30. The highest BCUT2D eigenvalue weighted by atomic mass is 16.5. The molecule has 1 heterocycles. The Bertz CT molecular complexity index is 1030. The molecule has 0 aliphatic rings. The first-order chi connectivity index (χ1) is 14.1. The molecule has 5 nitrogen and oxygen atoms in total. The van der Waals surface area contributed by atoms with Crippen LogP contribution < -0.4 is 10.5 Å². The number of aliphatic carboxylic acids is 1. The number of rotatable bonds is 8. The first kappa shape index (κ1) is 20.3. The molecule has 0 bridgehead atoms. The number of pyridine rings is 1. The van der Waals surface area contributed by atoms with E-state index in [0.29, 0.717) is 24.5 Å². The molecule has 5 heteroatoms. The van der Waals surface area contributed by atoms with Gasteiger partial charge in [-0.1, -0.05) is 42.5 Å². The number of nitrogens with two attached hydrogens (primary N) is 1. The van der Waals surface area contributed by atoms with Gasteiger partial charge in [-0.15, -0.1) is 0 Å². The van der Waals surface area contributed by atoms with Crippen LogP contribution in [0.4, 0.5) is 0 Å². The second-order valence-electron chi connectivity index (χ2n) is 6.63. The molecular weight excluding hydrogens is 364 g/mol. The monoisotopic (exact) mass is 388 g/mol. The standard InChI is InChI=1S/C24H24N2O3/c1-2-5-18-9-8-17(12-22(18)19-10-11-26-21(13-19)15-25)16-29-23-7-4-3-6-20(23)14-24(27)28/h2-13H,14-16,25H2,1H3,(H,27,28)/b5-2-. The lowest BCUT2D eigenvalue weighted by Crippen LogP contribution is -2.04. The van der Waals surface area contributed by atoms with Crippen LogP contribution in [0, 0.1) is 0 Å². The Morgan fingerprint density at radius 1 is 1.17 bits per heavy atom. The number of ether oxygens (including phenoxy) is 1. The van der Waals surface area contributed by atoms with Crippen molar-refractivity contribution in [3.05, 3.63) is 89.3 Å². The maximum Gasteiger partial charge on any atom is 0.307 e. The molecular formula is C24H24N2O3. The summed E-state index contributed by atoms with van der Waals surface area (Å²) in [5.74, 6) is -0.296. The first-order valence-corrected chi connectivity index (χ1v) is 9.44. The molecule has 0 unspecified atom stereocenters. The molecule has 148 valence electrons. The van der Waals surface area contributed by atoms with Crippen LogP contribution in [0.25, 0.3) is 17.2 Å². The Hall–Kier alpha value is -3.44. The summed E-state index contributed by atoms with van der Waals surface area (Å²) in [6.45, 7) is 2.71. The first-order valence-electron chi connectivity index (χ1n) is 9.44. The Balaban J connectivity index is 1.89. The summed E-state index contributed by atoms with van der Waals surface area (Å²) in [6, 6.07) is 17.3. The number of hydrogen-bond donors (Lipinski definition) is 2. The van der Waals surface area contributed by atoms with Crippen LogP contribution in [-0.2, 0) is 24.4 Å². The molecule has 0 atom stereocenters. The molecule has 0 aliphatic carbocycles. The zero-order valence-corrected chi connectivity index (χ0v) is 16.3. The molecule has 3 aromatic rings. The number of para-hydroxylation sites is 1. The topological polar surface area (TPSA) is 85.4 Å². The van der Waals surface area contributed by atoms with Crippen molar-refractivity contribution in [2.45, 2.75) is 26.5 Å². The van der Waals surface area contributed by atoms with E-state index < -0.39 is 5.97 Å². The van der Waals surface area contributed by atoms with E-state index in [9.17, 15) is 4.79 Å². The molecule has 29 heavy (non-hydrogen) atoms. The van der Waals surface area contributed by atoms with Crippen molar-refractivity contribution in [2.24, 2.45) is 5.73 Å². The average Bonchev–Trinajstić information content (AvgIpc) is 2.73. The van der Waals surface area contributed by atoms with Gasteiger partial charge in [0.1, 0.15) is 12.4 Å². The quantitative estimate of drug-likeness (QED) is 0.596. The van der Waals surface area contributed by atoms with Crippen molar-refractivity contribution in [2.75, 3.05) is 0 Å². The second kappa shape index (κ2) is 9.66. The third-order valence-electron chi connectivity index (χ3n) is 4.51. The number of nitrogens with zero attached hydrogens (tertiary/aromatic N) is 1. The maximum atomic E-state index is 11.1. The number of carboxylic acids is 1. The highest BCUT2D eigenvalue weighted by Gasteiger charge is 2.10. The number of allylic oxidation sites excluding steroid dienone is 1. The smallest absolute Gasteiger partial charge is 0.307 e. The van der Waals surface area contributed by atoms with Gasteiger partial charge < -0.3 is 15.6 Å². The zero-order valence-electron chi connectivity index (χ0n) is 16.3. The van der Waals surface area contributed by atoms with Crippen molar-refractivity contribution in [3.63, 3.8) is 0 Å². The number of hydrogen-bond acceptors (Lipinski definition) is 4. The van der Waals surface area contributed by atoms with E-state index in [1.807, 2.05) is 43.3 Å². The van der Waals surface area contributed by atoms with Crippen LogP contribution in [0.15, 0.2) is 66.9 Å². The van der Waals surface area contributed by atoms with Gasteiger partial charge in [0.05, 0.1) is 12.1 Å². The van der Waals surface area contributed by atoms with E-state index in [0.717, 1.165) is 27.9 Å². The highest BCUT2D eigenvalue weighted by molar-refractivity contribution is 5.76. The van der Waals surface area contributed by atoms with Crippen molar-refractivity contribution < 1.29 is 14.6 Å². The molecule has 0 amide bonds. The normalized spacial score (nSPS) is 11.0. The van der Waals surface area contributed by atoms with E-state index in [-0.39, 0.29) is 6.42 Å². The number of carbonyl (C=O) groups is 1. The second-order valence-corrected chi connectivity index (χ2v) is 6.63. The number of aromatic nitrogens is 1. The summed E-state index contributed by atoms with van der Waals surface area (Å²) < 4.78 is 5.95. The van der Waals surface area contributed by atoms with Crippen molar-refractivity contribution in [1.82, 2.24) is 4.98 Å². The van der Waals surface area contributed by atoms with E-state index in [2.05, 4.69) is 23.2 Å². The van der Waals surface area contributed by atoms with Crippen LogP contribution in [0.2, 0.25) is 0 Å². The molecule has 0 radical (unpaired) electrons. The Kier molecular flexibility index (Phi) is 6.76. The van der Waals surface area contributed by atoms with Crippen LogP contribution in [0.3, 0.4) is 0 Å². The number of benzene rings is 2. The van der Waals surface area contributed by atoms with Gasteiger partial charge in [0, 0.05) is 18.3 Å². The van der Waals surface area contributed by atoms with E-state index >= 15 is 0 Å². The Labute approximate surface area is 170 Å². The van der Waals surface area contributed by atoms with Crippen molar-refractivity contribution in [1.29, 1.82) is 0 Å². The molecule has 0 saturated heterocycles. The van der Waals surface area contributed by atoms with Gasteiger partial charge in [-0.05, 0) is 53.4 Å². The van der Waals surface area contributed by atoms with Gasteiger partial charge in [0.25, 0.3) is 0 Å². The molecule has 0 spiro atoms. The minimum Gasteiger partial charge on any atom is -0.489 e. The lowest BCUT2D eigenvalue weighted by molar-refractivity contribution is -0.136. The summed E-state index contributed by atoms with van der Waals surface area (Å²) in [5.41, 5.74) is 11.4. The highest BCUT2D eigenvalue weighted by Crippen LogP contribution is 2.28. The lowest BCUT2D eigenvalue weighted by atomic mass is 9.97. The lowest BCUT2D eigenvalue weighted by Gasteiger charge is -2.13. The largest absolute Gasteiger partial charge is 0.489 e. The zero-order chi connectivity index (χ0) is 20.6. The maximum absolute atomic E-state index is 11.1. The molecule has 3 rings (SSSR count). The fourth-order valence-corrected chi connectivity index (χ4v) is 3.14. The van der Waals surface area contributed by atoms with E-state index in [4.69, 9.17) is 15.6 Å². The Morgan fingerprint density at radius 3 is 2.76 bits per heavy atom.